The van der Waals surface area contributed by atoms with Gasteiger partial charge in [-0.15, -0.1) is 11.3 Å². The maximum atomic E-state index is 13.5. The smallest absolute Gasteiger partial charge is 0.260 e. The molecule has 0 spiro atoms. The zero-order valence-electron chi connectivity index (χ0n) is 16.1. The Morgan fingerprint density at radius 2 is 2.10 bits per heavy atom. The zero-order valence-corrected chi connectivity index (χ0v) is 17.7. The van der Waals surface area contributed by atoms with Crippen LogP contribution in [-0.4, -0.2) is 22.5 Å². The van der Waals surface area contributed by atoms with Crippen molar-refractivity contribution in [2.24, 2.45) is 0 Å². The van der Waals surface area contributed by atoms with E-state index >= 15 is 0 Å². The van der Waals surface area contributed by atoms with Gasteiger partial charge in [0.05, 0.1) is 39.8 Å². The average molecular weight is 436 g/mol. The van der Waals surface area contributed by atoms with Crippen LogP contribution in [0.15, 0.2) is 64.7 Å². The van der Waals surface area contributed by atoms with Crippen LogP contribution in [0, 0.1) is 0 Å². The van der Waals surface area contributed by atoms with Gasteiger partial charge in [0.25, 0.3) is 5.91 Å². The monoisotopic (exact) mass is 435 g/mol. The second kappa shape index (κ2) is 7.89. The first kappa shape index (κ1) is 18.8. The zero-order chi connectivity index (χ0) is 20.5. The van der Waals surface area contributed by atoms with Crippen molar-refractivity contribution in [2.75, 3.05) is 11.5 Å². The molecule has 3 heterocycles. The predicted molar refractivity (Wildman–Crippen MR) is 120 cm³/mol. The lowest BCUT2D eigenvalue weighted by Gasteiger charge is -2.18. The van der Waals surface area contributed by atoms with Crippen LogP contribution in [0.1, 0.15) is 23.0 Å². The Kier molecular flexibility index (Phi) is 4.94. The second-order valence-corrected chi connectivity index (χ2v) is 8.43. The van der Waals surface area contributed by atoms with E-state index in [1.54, 1.807) is 22.7 Å². The minimum absolute atomic E-state index is 0.140. The summed E-state index contributed by atoms with van der Waals surface area (Å²) >= 11 is 2.97. The van der Waals surface area contributed by atoms with E-state index in [1.807, 2.05) is 49.4 Å². The van der Waals surface area contributed by atoms with Gasteiger partial charge in [-0.1, -0.05) is 17.4 Å². The fraction of sp³-hybridized carbons (Fsp3) is 0.136. The van der Waals surface area contributed by atoms with E-state index in [-0.39, 0.29) is 12.5 Å². The molecule has 0 aliphatic carbocycles. The number of amides is 1. The summed E-state index contributed by atoms with van der Waals surface area (Å²) in [6.45, 7) is 2.78. The molecule has 1 amide bonds. The van der Waals surface area contributed by atoms with Crippen LogP contribution < -0.4 is 9.64 Å². The van der Waals surface area contributed by atoms with Crippen LogP contribution in [0.2, 0.25) is 0 Å². The lowest BCUT2D eigenvalue weighted by molar-refractivity contribution is 0.0983. The first-order valence-corrected chi connectivity index (χ1v) is 11.1. The van der Waals surface area contributed by atoms with Gasteiger partial charge in [0.15, 0.2) is 5.13 Å². The first-order valence-electron chi connectivity index (χ1n) is 9.43. The largest absolute Gasteiger partial charge is 0.492 e. The number of furan rings is 1. The van der Waals surface area contributed by atoms with Gasteiger partial charge < -0.3 is 9.15 Å². The lowest BCUT2D eigenvalue weighted by Crippen LogP contribution is -2.30. The van der Waals surface area contributed by atoms with E-state index in [9.17, 15) is 4.79 Å². The summed E-state index contributed by atoms with van der Waals surface area (Å²) in [4.78, 5) is 24.2. The Balaban J connectivity index is 1.58. The molecule has 0 radical (unpaired) electrons. The van der Waals surface area contributed by atoms with Gasteiger partial charge in [-0.3, -0.25) is 9.69 Å². The molecule has 0 saturated carbocycles. The number of carbonyl (C=O) groups excluding carboxylic acids is 1. The SMILES string of the molecule is CCOc1cccc2sc(N(Cc3ccco3)C(=O)c3ccc4ncsc4c3)nc12. The van der Waals surface area contributed by atoms with Gasteiger partial charge in [0.2, 0.25) is 0 Å². The number of hydrogen-bond acceptors (Lipinski definition) is 7. The fourth-order valence-electron chi connectivity index (χ4n) is 3.23. The number of benzene rings is 2. The number of ether oxygens (including phenoxy) is 1. The molecule has 5 aromatic rings. The summed E-state index contributed by atoms with van der Waals surface area (Å²) in [6.07, 6.45) is 1.60. The third-order valence-corrected chi connectivity index (χ3v) is 6.45. The van der Waals surface area contributed by atoms with Crippen molar-refractivity contribution < 1.29 is 13.9 Å². The van der Waals surface area contributed by atoms with Gasteiger partial charge in [-0.25, -0.2) is 9.97 Å². The van der Waals surface area contributed by atoms with E-state index in [2.05, 4.69) is 4.98 Å². The van der Waals surface area contributed by atoms with Crippen LogP contribution in [0.3, 0.4) is 0 Å². The molecule has 150 valence electrons. The number of rotatable bonds is 6. The number of hydrogen-bond donors (Lipinski definition) is 0. The fourth-order valence-corrected chi connectivity index (χ4v) is 4.92. The number of thiazole rings is 2. The van der Waals surface area contributed by atoms with Crippen LogP contribution >= 0.6 is 22.7 Å². The molecular weight excluding hydrogens is 418 g/mol. The molecule has 0 bridgehead atoms. The van der Waals surface area contributed by atoms with Crippen molar-refractivity contribution >= 4 is 54.1 Å². The molecular formula is C22H17N3O3S2. The van der Waals surface area contributed by atoms with Crippen LogP contribution in [0.4, 0.5) is 5.13 Å². The summed E-state index contributed by atoms with van der Waals surface area (Å²) in [5.41, 5.74) is 4.01. The molecule has 30 heavy (non-hydrogen) atoms. The summed E-state index contributed by atoms with van der Waals surface area (Å²) in [5, 5.41) is 0.600. The molecule has 5 rings (SSSR count). The van der Waals surface area contributed by atoms with Crippen molar-refractivity contribution in [3.63, 3.8) is 0 Å². The number of carbonyl (C=O) groups is 1. The first-order chi connectivity index (χ1) is 14.7. The number of anilines is 1. The Labute approximate surface area is 180 Å². The minimum atomic E-state index is -0.140. The third kappa shape index (κ3) is 3.44. The highest BCUT2D eigenvalue weighted by atomic mass is 32.1. The van der Waals surface area contributed by atoms with Gasteiger partial charge >= 0.3 is 0 Å². The number of nitrogens with zero attached hydrogens (tertiary/aromatic N) is 3. The third-order valence-electron chi connectivity index (χ3n) is 4.62. The molecule has 2 aromatic carbocycles. The number of para-hydroxylation sites is 1. The molecule has 6 nitrogen and oxygen atoms in total. The van der Waals surface area contributed by atoms with Crippen LogP contribution in [0.5, 0.6) is 5.75 Å². The summed E-state index contributed by atoms with van der Waals surface area (Å²) in [7, 11) is 0. The molecule has 0 aliphatic heterocycles. The Morgan fingerprint density at radius 3 is 2.93 bits per heavy atom. The minimum Gasteiger partial charge on any atom is -0.492 e. The summed E-state index contributed by atoms with van der Waals surface area (Å²) in [6, 6.07) is 15.0. The van der Waals surface area contributed by atoms with E-state index in [1.165, 1.54) is 22.7 Å². The molecule has 0 atom stereocenters. The number of fused-ring (bicyclic) bond motifs is 2. The lowest BCUT2D eigenvalue weighted by atomic mass is 10.2. The standard InChI is InChI=1S/C22H17N3O3S2/c1-2-27-17-6-3-7-18-20(17)24-22(30-18)25(12-15-5-4-10-28-15)21(26)14-8-9-16-19(11-14)29-13-23-16/h3-11,13H,2,12H2,1H3. The van der Waals surface area contributed by atoms with Gasteiger partial charge in [0, 0.05) is 5.56 Å². The topological polar surface area (TPSA) is 68.5 Å². The van der Waals surface area contributed by atoms with Gasteiger partial charge in [-0.05, 0) is 49.4 Å². The van der Waals surface area contributed by atoms with Gasteiger partial charge in [-0.2, -0.15) is 0 Å². The van der Waals surface area contributed by atoms with Crippen molar-refractivity contribution in [2.45, 2.75) is 13.5 Å². The molecule has 0 unspecified atom stereocenters. The van der Waals surface area contributed by atoms with Crippen molar-refractivity contribution in [3.05, 3.63) is 71.6 Å². The van der Waals surface area contributed by atoms with Gasteiger partial charge in [0.1, 0.15) is 17.0 Å². The predicted octanol–water partition coefficient (Wildman–Crippen LogP) is 5.74. The number of aromatic nitrogens is 2. The molecule has 8 heteroatoms. The molecule has 0 fully saturated rings. The average Bonchev–Trinajstić information content (AvgIpc) is 3.51. The Bertz CT molecular complexity index is 1320. The summed E-state index contributed by atoms with van der Waals surface area (Å²) < 4.78 is 13.2. The Morgan fingerprint density at radius 1 is 1.17 bits per heavy atom. The maximum absolute atomic E-state index is 13.5. The molecule has 3 aromatic heterocycles. The highest BCUT2D eigenvalue weighted by Gasteiger charge is 2.24. The van der Waals surface area contributed by atoms with E-state index < -0.39 is 0 Å². The van der Waals surface area contributed by atoms with Crippen molar-refractivity contribution in [3.8, 4) is 5.75 Å². The van der Waals surface area contributed by atoms with Crippen molar-refractivity contribution in [1.82, 2.24) is 9.97 Å². The van der Waals surface area contributed by atoms with Crippen LogP contribution in [0.25, 0.3) is 20.4 Å². The summed E-state index contributed by atoms with van der Waals surface area (Å²) in [5.74, 6) is 1.26. The maximum Gasteiger partial charge on any atom is 0.260 e. The van der Waals surface area contributed by atoms with E-state index in [4.69, 9.17) is 14.1 Å². The second-order valence-electron chi connectivity index (χ2n) is 6.54. The van der Waals surface area contributed by atoms with E-state index in [0.717, 1.165) is 20.4 Å². The Hall–Kier alpha value is -3.23. The quantitative estimate of drug-likeness (QED) is 0.340. The van der Waals surface area contributed by atoms with Crippen molar-refractivity contribution in [1.29, 1.82) is 0 Å². The molecule has 0 aliphatic rings. The highest BCUT2D eigenvalue weighted by Crippen LogP contribution is 2.35. The van der Waals surface area contributed by atoms with E-state index in [0.29, 0.717) is 28.8 Å². The van der Waals surface area contributed by atoms with Crippen LogP contribution in [-0.2, 0) is 6.54 Å². The molecule has 0 N–H and O–H groups in total. The molecule has 0 saturated heterocycles. The highest BCUT2D eigenvalue weighted by molar-refractivity contribution is 7.22. The normalized spacial score (nSPS) is 11.2.